The third kappa shape index (κ3) is 3.21. The van der Waals surface area contributed by atoms with Crippen molar-refractivity contribution in [1.29, 1.82) is 5.41 Å². The van der Waals surface area contributed by atoms with Gasteiger partial charge < -0.3 is 10.5 Å². The van der Waals surface area contributed by atoms with Gasteiger partial charge in [-0.2, -0.15) is 5.10 Å². The molecule has 0 fully saturated rings. The summed E-state index contributed by atoms with van der Waals surface area (Å²) in [5.74, 6) is 0.382. The van der Waals surface area contributed by atoms with Crippen molar-refractivity contribution in [3.8, 4) is 5.88 Å². The first-order chi connectivity index (χ1) is 9.90. The minimum Gasteiger partial charge on any atom is -0.474 e. The zero-order chi connectivity index (χ0) is 15.6. The normalized spacial score (nSPS) is 11.1. The van der Waals surface area contributed by atoms with E-state index in [1.54, 1.807) is 23.1 Å². The molecule has 0 aliphatic rings. The molecule has 21 heavy (non-hydrogen) atoms. The Morgan fingerprint density at radius 3 is 2.62 bits per heavy atom. The lowest BCUT2D eigenvalue weighted by Crippen LogP contribution is -2.14. The number of hydrogen-bond acceptors (Lipinski definition) is 5. The second-order valence-electron chi connectivity index (χ2n) is 5.42. The average Bonchev–Trinajstić information content (AvgIpc) is 2.87. The quantitative estimate of drug-likeness (QED) is 0.827. The Labute approximate surface area is 124 Å². The summed E-state index contributed by atoms with van der Waals surface area (Å²) in [6, 6.07) is 1.91. The Balaban J connectivity index is 2.42. The fraction of sp³-hybridized carbons (Fsp3) is 0.400. The molecule has 3 N–H and O–H groups in total. The van der Waals surface area contributed by atoms with E-state index in [9.17, 15) is 0 Å². The molecular formula is C15H21N5O. The van der Waals surface area contributed by atoms with Crippen molar-refractivity contribution in [2.75, 3.05) is 5.73 Å². The van der Waals surface area contributed by atoms with E-state index in [0.717, 1.165) is 0 Å². The van der Waals surface area contributed by atoms with Crippen LogP contribution in [-0.2, 0) is 0 Å². The second kappa shape index (κ2) is 5.95. The molecule has 0 atom stereocenters. The van der Waals surface area contributed by atoms with Crippen LogP contribution in [0, 0.1) is 5.41 Å². The first-order valence-electron chi connectivity index (χ1n) is 6.94. The maximum atomic E-state index is 8.40. The molecule has 2 aromatic rings. The second-order valence-corrected chi connectivity index (χ2v) is 5.42. The minimum absolute atomic E-state index is 0.0377. The summed E-state index contributed by atoms with van der Waals surface area (Å²) in [4.78, 5) is 4.20. The van der Waals surface area contributed by atoms with E-state index in [1.165, 1.54) is 0 Å². The van der Waals surface area contributed by atoms with Gasteiger partial charge in [0.15, 0.2) is 0 Å². The van der Waals surface area contributed by atoms with Crippen LogP contribution in [0.5, 0.6) is 5.88 Å². The van der Waals surface area contributed by atoms with Crippen molar-refractivity contribution in [2.45, 2.75) is 39.8 Å². The minimum atomic E-state index is -0.0377. The fourth-order valence-electron chi connectivity index (χ4n) is 1.91. The molecule has 2 aromatic heterocycles. The number of pyridine rings is 1. The molecule has 0 saturated heterocycles. The highest BCUT2D eigenvalue weighted by atomic mass is 16.5. The Morgan fingerprint density at radius 2 is 2.05 bits per heavy atom. The van der Waals surface area contributed by atoms with Crippen molar-refractivity contribution in [3.05, 3.63) is 35.8 Å². The summed E-state index contributed by atoms with van der Waals surface area (Å²) in [6.07, 6.45) is 5.04. The lowest BCUT2D eigenvalue weighted by atomic mass is 10.1. The van der Waals surface area contributed by atoms with Crippen LogP contribution in [-0.4, -0.2) is 26.6 Å². The summed E-state index contributed by atoms with van der Waals surface area (Å²) < 4.78 is 7.47. The third-order valence-electron chi connectivity index (χ3n) is 2.97. The predicted octanol–water partition coefficient (Wildman–Crippen LogP) is 2.64. The Kier molecular flexibility index (Phi) is 4.26. The number of nitrogen functional groups attached to an aromatic ring is 1. The highest BCUT2D eigenvalue weighted by Gasteiger charge is 2.18. The van der Waals surface area contributed by atoms with Gasteiger partial charge >= 0.3 is 0 Å². The molecule has 6 heteroatoms. The van der Waals surface area contributed by atoms with Gasteiger partial charge in [0, 0.05) is 29.7 Å². The van der Waals surface area contributed by atoms with Crippen molar-refractivity contribution in [1.82, 2.24) is 14.8 Å². The van der Waals surface area contributed by atoms with Crippen molar-refractivity contribution < 1.29 is 4.74 Å². The van der Waals surface area contributed by atoms with Gasteiger partial charge in [-0.15, -0.1) is 0 Å². The number of nitrogens with zero attached hydrogens (tertiary/aromatic N) is 3. The van der Waals surface area contributed by atoms with Gasteiger partial charge in [-0.25, -0.2) is 4.98 Å². The molecule has 0 aromatic carbocycles. The van der Waals surface area contributed by atoms with E-state index < -0.39 is 0 Å². The standard InChI is InChI=1S/C15H21N5O/c1-9(2)20-8-11(7-19-20)14(17)13-12(16)5-6-18-15(13)21-10(3)4/h5-10,17H,1-4H3,(H2,16,18). The van der Waals surface area contributed by atoms with Crippen LogP contribution in [0.1, 0.15) is 44.9 Å². The summed E-state index contributed by atoms with van der Waals surface area (Å²) in [5, 5.41) is 12.7. The maximum absolute atomic E-state index is 8.40. The van der Waals surface area contributed by atoms with E-state index in [2.05, 4.69) is 10.1 Å². The monoisotopic (exact) mass is 287 g/mol. The van der Waals surface area contributed by atoms with Crippen LogP contribution in [0.15, 0.2) is 24.7 Å². The van der Waals surface area contributed by atoms with Gasteiger partial charge in [0.2, 0.25) is 5.88 Å². The lowest BCUT2D eigenvalue weighted by molar-refractivity contribution is 0.232. The average molecular weight is 287 g/mol. The smallest absolute Gasteiger partial charge is 0.225 e. The highest BCUT2D eigenvalue weighted by Crippen LogP contribution is 2.25. The van der Waals surface area contributed by atoms with Crippen LogP contribution < -0.4 is 10.5 Å². The van der Waals surface area contributed by atoms with E-state index in [1.807, 2.05) is 33.9 Å². The molecule has 0 aliphatic carbocycles. The number of anilines is 1. The SMILES string of the molecule is CC(C)Oc1nccc(N)c1C(=N)c1cnn(C(C)C)c1. The number of rotatable bonds is 5. The summed E-state index contributed by atoms with van der Waals surface area (Å²) in [7, 11) is 0. The summed E-state index contributed by atoms with van der Waals surface area (Å²) in [5.41, 5.74) is 7.96. The first kappa shape index (κ1) is 15.0. The van der Waals surface area contributed by atoms with Crippen LogP contribution >= 0.6 is 0 Å². The van der Waals surface area contributed by atoms with E-state index in [0.29, 0.717) is 22.7 Å². The number of hydrogen-bond donors (Lipinski definition) is 2. The number of nitrogens with one attached hydrogen (secondary N) is 1. The third-order valence-corrected chi connectivity index (χ3v) is 2.97. The summed E-state index contributed by atoms with van der Waals surface area (Å²) >= 11 is 0. The largest absolute Gasteiger partial charge is 0.474 e. The van der Waals surface area contributed by atoms with Gasteiger partial charge in [-0.1, -0.05) is 0 Å². The van der Waals surface area contributed by atoms with Crippen molar-refractivity contribution in [3.63, 3.8) is 0 Å². The van der Waals surface area contributed by atoms with Crippen LogP contribution in [0.2, 0.25) is 0 Å². The Morgan fingerprint density at radius 1 is 1.33 bits per heavy atom. The van der Waals surface area contributed by atoms with E-state index in [4.69, 9.17) is 15.9 Å². The molecule has 0 saturated carbocycles. The van der Waals surface area contributed by atoms with Gasteiger partial charge in [0.1, 0.15) is 0 Å². The van der Waals surface area contributed by atoms with Gasteiger partial charge in [0.25, 0.3) is 0 Å². The molecular weight excluding hydrogens is 266 g/mol. The van der Waals surface area contributed by atoms with Crippen molar-refractivity contribution in [2.24, 2.45) is 0 Å². The van der Waals surface area contributed by atoms with Crippen LogP contribution in [0.3, 0.4) is 0 Å². The van der Waals surface area contributed by atoms with Crippen molar-refractivity contribution >= 4 is 11.4 Å². The molecule has 0 unspecified atom stereocenters. The number of aromatic nitrogens is 3. The predicted molar refractivity (Wildman–Crippen MR) is 83.0 cm³/mol. The fourth-order valence-corrected chi connectivity index (χ4v) is 1.91. The molecule has 0 bridgehead atoms. The molecule has 0 amide bonds. The summed E-state index contributed by atoms with van der Waals surface area (Å²) in [6.45, 7) is 7.89. The van der Waals surface area contributed by atoms with Gasteiger partial charge in [-0.05, 0) is 33.8 Å². The molecule has 0 aliphatic heterocycles. The zero-order valence-electron chi connectivity index (χ0n) is 12.8. The molecule has 6 nitrogen and oxygen atoms in total. The van der Waals surface area contributed by atoms with E-state index >= 15 is 0 Å². The maximum Gasteiger partial charge on any atom is 0.225 e. The highest BCUT2D eigenvalue weighted by molar-refractivity contribution is 6.15. The Bertz CT molecular complexity index is 645. The zero-order valence-corrected chi connectivity index (χ0v) is 12.8. The first-order valence-corrected chi connectivity index (χ1v) is 6.94. The van der Waals surface area contributed by atoms with Gasteiger partial charge in [0.05, 0.1) is 23.6 Å². The molecule has 0 radical (unpaired) electrons. The molecule has 2 rings (SSSR count). The molecule has 0 spiro atoms. The number of ether oxygens (including phenoxy) is 1. The van der Waals surface area contributed by atoms with Crippen LogP contribution in [0.4, 0.5) is 5.69 Å². The lowest BCUT2D eigenvalue weighted by Gasteiger charge is -2.14. The van der Waals surface area contributed by atoms with E-state index in [-0.39, 0.29) is 17.9 Å². The Hall–Kier alpha value is -2.37. The number of nitrogens with two attached hydrogens (primary N) is 1. The molecule has 112 valence electrons. The molecule has 2 heterocycles. The van der Waals surface area contributed by atoms with Crippen LogP contribution in [0.25, 0.3) is 0 Å². The topological polar surface area (TPSA) is 89.8 Å². The van der Waals surface area contributed by atoms with Gasteiger partial charge in [-0.3, -0.25) is 10.1 Å².